The van der Waals surface area contributed by atoms with Crippen LogP contribution in [0.2, 0.25) is 0 Å². The predicted octanol–water partition coefficient (Wildman–Crippen LogP) is 3.99. The summed E-state index contributed by atoms with van der Waals surface area (Å²) in [5, 5.41) is 2.67. The molecule has 0 unspecified atom stereocenters. The van der Waals surface area contributed by atoms with E-state index in [-0.39, 0.29) is 0 Å². The molecule has 0 saturated heterocycles. The van der Waals surface area contributed by atoms with Gasteiger partial charge in [0.2, 0.25) is 0 Å². The van der Waals surface area contributed by atoms with Crippen LogP contribution in [0.3, 0.4) is 0 Å². The molecule has 1 nitrogen and oxygen atoms in total. The summed E-state index contributed by atoms with van der Waals surface area (Å²) in [5.41, 5.74) is 2.71. The van der Waals surface area contributed by atoms with E-state index in [9.17, 15) is 0 Å². The first-order chi connectivity index (χ1) is 8.06. The van der Waals surface area contributed by atoms with Crippen LogP contribution in [0.25, 0.3) is 10.8 Å². The first kappa shape index (κ1) is 12.1. The standard InChI is InChI=1S/C16H21N/c1-12(2)17(4)11-14-6-8-15-9-13(3)5-7-16(15)10-14/h5-10,12H,11H2,1-4H3. The lowest BCUT2D eigenvalue weighted by atomic mass is 10.0. The van der Waals surface area contributed by atoms with Gasteiger partial charge in [0, 0.05) is 12.6 Å². The normalized spacial score (nSPS) is 11.6. The average molecular weight is 227 g/mol. The van der Waals surface area contributed by atoms with E-state index in [0.29, 0.717) is 6.04 Å². The van der Waals surface area contributed by atoms with Crippen molar-refractivity contribution in [3.63, 3.8) is 0 Å². The van der Waals surface area contributed by atoms with Crippen LogP contribution < -0.4 is 0 Å². The van der Waals surface area contributed by atoms with Crippen LogP contribution in [0.15, 0.2) is 36.4 Å². The Morgan fingerprint density at radius 2 is 1.65 bits per heavy atom. The Kier molecular flexibility index (Phi) is 3.49. The van der Waals surface area contributed by atoms with Gasteiger partial charge in [-0.05, 0) is 50.2 Å². The van der Waals surface area contributed by atoms with Crippen molar-refractivity contribution in [1.29, 1.82) is 0 Å². The van der Waals surface area contributed by atoms with Crippen LogP contribution in [0, 0.1) is 6.92 Å². The van der Waals surface area contributed by atoms with Crippen LogP contribution in [0.1, 0.15) is 25.0 Å². The number of aryl methyl sites for hydroxylation is 1. The zero-order chi connectivity index (χ0) is 12.4. The topological polar surface area (TPSA) is 3.24 Å². The Bertz CT molecular complexity index is 514. The Morgan fingerprint density at radius 3 is 2.35 bits per heavy atom. The van der Waals surface area contributed by atoms with Gasteiger partial charge in [-0.15, -0.1) is 0 Å². The Morgan fingerprint density at radius 1 is 1.00 bits per heavy atom. The third-order valence-corrected chi connectivity index (χ3v) is 3.37. The lowest BCUT2D eigenvalue weighted by Crippen LogP contribution is -2.25. The van der Waals surface area contributed by atoms with Gasteiger partial charge in [-0.2, -0.15) is 0 Å². The van der Waals surface area contributed by atoms with Gasteiger partial charge >= 0.3 is 0 Å². The molecule has 0 bridgehead atoms. The van der Waals surface area contributed by atoms with Crippen LogP contribution in [0.5, 0.6) is 0 Å². The number of hydrogen-bond acceptors (Lipinski definition) is 1. The molecule has 17 heavy (non-hydrogen) atoms. The molecular weight excluding hydrogens is 206 g/mol. The maximum atomic E-state index is 2.36. The van der Waals surface area contributed by atoms with E-state index in [1.807, 2.05) is 0 Å². The molecule has 0 aliphatic rings. The van der Waals surface area contributed by atoms with Crippen molar-refractivity contribution in [3.05, 3.63) is 47.5 Å². The highest BCUT2D eigenvalue weighted by molar-refractivity contribution is 5.83. The first-order valence-electron chi connectivity index (χ1n) is 6.26. The molecule has 0 heterocycles. The second-order valence-electron chi connectivity index (χ2n) is 5.19. The highest BCUT2D eigenvalue weighted by Gasteiger charge is 2.04. The van der Waals surface area contributed by atoms with Gasteiger partial charge in [-0.25, -0.2) is 0 Å². The number of benzene rings is 2. The van der Waals surface area contributed by atoms with Gasteiger partial charge in [0.25, 0.3) is 0 Å². The van der Waals surface area contributed by atoms with E-state index in [0.717, 1.165) is 6.54 Å². The zero-order valence-corrected chi connectivity index (χ0v) is 11.2. The van der Waals surface area contributed by atoms with Crippen molar-refractivity contribution in [2.45, 2.75) is 33.4 Å². The second kappa shape index (κ2) is 4.89. The van der Waals surface area contributed by atoms with Gasteiger partial charge in [0.15, 0.2) is 0 Å². The Balaban J connectivity index is 2.29. The lowest BCUT2D eigenvalue weighted by molar-refractivity contribution is 0.266. The van der Waals surface area contributed by atoms with Crippen molar-refractivity contribution >= 4 is 10.8 Å². The van der Waals surface area contributed by atoms with E-state index in [2.05, 4.69) is 69.1 Å². The molecule has 90 valence electrons. The summed E-state index contributed by atoms with van der Waals surface area (Å²) < 4.78 is 0. The molecule has 2 rings (SSSR count). The molecule has 0 radical (unpaired) electrons. The maximum Gasteiger partial charge on any atom is 0.0233 e. The molecule has 0 aromatic heterocycles. The number of rotatable bonds is 3. The van der Waals surface area contributed by atoms with Crippen molar-refractivity contribution in [1.82, 2.24) is 4.90 Å². The maximum absolute atomic E-state index is 2.36. The Labute approximate surface area is 104 Å². The van der Waals surface area contributed by atoms with Gasteiger partial charge in [-0.1, -0.05) is 35.9 Å². The molecule has 0 spiro atoms. The fourth-order valence-corrected chi connectivity index (χ4v) is 1.98. The number of nitrogens with zero attached hydrogens (tertiary/aromatic N) is 1. The van der Waals surface area contributed by atoms with E-state index < -0.39 is 0 Å². The number of fused-ring (bicyclic) bond motifs is 1. The smallest absolute Gasteiger partial charge is 0.0233 e. The minimum Gasteiger partial charge on any atom is -0.300 e. The van der Waals surface area contributed by atoms with Crippen LogP contribution >= 0.6 is 0 Å². The van der Waals surface area contributed by atoms with Crippen molar-refractivity contribution in [2.75, 3.05) is 7.05 Å². The van der Waals surface area contributed by atoms with Gasteiger partial charge in [-0.3, -0.25) is 4.90 Å². The molecule has 2 aromatic carbocycles. The first-order valence-corrected chi connectivity index (χ1v) is 6.26. The summed E-state index contributed by atoms with van der Waals surface area (Å²) in [6.07, 6.45) is 0. The van der Waals surface area contributed by atoms with Gasteiger partial charge in [0.05, 0.1) is 0 Å². The quantitative estimate of drug-likeness (QED) is 0.766. The molecule has 0 fully saturated rings. The zero-order valence-electron chi connectivity index (χ0n) is 11.2. The van der Waals surface area contributed by atoms with Crippen LogP contribution in [-0.4, -0.2) is 18.0 Å². The minimum atomic E-state index is 0.587. The van der Waals surface area contributed by atoms with Crippen LogP contribution in [0.4, 0.5) is 0 Å². The molecule has 0 saturated carbocycles. The Hall–Kier alpha value is -1.34. The number of hydrogen-bond donors (Lipinski definition) is 0. The fourth-order valence-electron chi connectivity index (χ4n) is 1.98. The third-order valence-electron chi connectivity index (χ3n) is 3.37. The summed E-state index contributed by atoms with van der Waals surface area (Å²) in [5.74, 6) is 0. The third kappa shape index (κ3) is 2.86. The molecule has 0 aliphatic heterocycles. The SMILES string of the molecule is Cc1ccc2cc(CN(C)C(C)C)ccc2c1. The predicted molar refractivity (Wildman–Crippen MR) is 75.3 cm³/mol. The van der Waals surface area contributed by atoms with Crippen molar-refractivity contribution in [2.24, 2.45) is 0 Å². The monoisotopic (exact) mass is 227 g/mol. The average Bonchev–Trinajstić information content (AvgIpc) is 2.29. The summed E-state index contributed by atoms with van der Waals surface area (Å²) in [6, 6.07) is 14.0. The van der Waals surface area contributed by atoms with Crippen LogP contribution in [-0.2, 0) is 6.54 Å². The summed E-state index contributed by atoms with van der Waals surface area (Å²) >= 11 is 0. The molecule has 0 aliphatic carbocycles. The van der Waals surface area contributed by atoms with Crippen molar-refractivity contribution < 1.29 is 0 Å². The van der Waals surface area contributed by atoms with Crippen molar-refractivity contribution in [3.8, 4) is 0 Å². The molecule has 0 N–H and O–H groups in total. The van der Waals surface area contributed by atoms with Gasteiger partial charge < -0.3 is 0 Å². The molecule has 1 heteroatoms. The van der Waals surface area contributed by atoms with Gasteiger partial charge in [0.1, 0.15) is 0 Å². The van der Waals surface area contributed by atoms with E-state index in [4.69, 9.17) is 0 Å². The molecular formula is C16H21N. The van der Waals surface area contributed by atoms with E-state index in [1.54, 1.807) is 0 Å². The minimum absolute atomic E-state index is 0.587. The van der Waals surface area contributed by atoms with E-state index >= 15 is 0 Å². The summed E-state index contributed by atoms with van der Waals surface area (Å²) in [7, 11) is 2.17. The fraction of sp³-hybridized carbons (Fsp3) is 0.375. The van der Waals surface area contributed by atoms with E-state index in [1.165, 1.54) is 21.9 Å². The highest BCUT2D eigenvalue weighted by atomic mass is 15.1. The largest absolute Gasteiger partial charge is 0.300 e. The summed E-state index contributed by atoms with van der Waals surface area (Å²) in [4.78, 5) is 2.36. The molecule has 0 amide bonds. The molecule has 2 aromatic rings. The highest BCUT2D eigenvalue weighted by Crippen LogP contribution is 2.18. The molecule has 0 atom stereocenters. The summed E-state index contributed by atoms with van der Waals surface area (Å²) in [6.45, 7) is 7.61. The second-order valence-corrected chi connectivity index (χ2v) is 5.19. The lowest BCUT2D eigenvalue weighted by Gasteiger charge is -2.21.